The summed E-state index contributed by atoms with van der Waals surface area (Å²) in [7, 11) is 6.56. The second-order valence-electron chi connectivity index (χ2n) is 10.5. The van der Waals surface area contributed by atoms with Gasteiger partial charge in [0.1, 0.15) is 32.1 Å². The Morgan fingerprint density at radius 3 is 1.58 bits per heavy atom. The van der Waals surface area contributed by atoms with Gasteiger partial charge in [0.25, 0.3) is 0 Å². The highest BCUT2D eigenvalue weighted by atomic mass is 16.5. The van der Waals surface area contributed by atoms with Crippen LogP contribution in [0.2, 0.25) is 0 Å². The first-order valence-electron chi connectivity index (χ1n) is 12.9. The molecule has 5 aromatic rings. The first-order chi connectivity index (χ1) is 18.5. The molecule has 0 aliphatic carbocycles. The number of quaternary nitrogens is 1. The Hall–Kier alpha value is -4.22. The minimum absolute atomic E-state index is 0.432. The predicted octanol–water partition coefficient (Wildman–Crippen LogP) is 7.11. The van der Waals surface area contributed by atoms with Gasteiger partial charge < -0.3 is 23.7 Å². The van der Waals surface area contributed by atoms with Crippen molar-refractivity contribution in [1.29, 1.82) is 0 Å². The zero-order chi connectivity index (χ0) is 26.4. The first kappa shape index (κ1) is 25.4. The van der Waals surface area contributed by atoms with E-state index in [1.54, 1.807) is 0 Å². The number of aromatic amines is 1. The highest BCUT2D eigenvalue weighted by Crippen LogP contribution is 2.44. The number of nitrogens with one attached hydrogen (secondary N) is 1. The molecular formula is C33H35N2O3+. The van der Waals surface area contributed by atoms with Crippen LogP contribution in [0.25, 0.3) is 10.9 Å². The molecule has 4 aromatic carbocycles. The molecule has 0 saturated carbocycles. The number of hydrogen-bond donors (Lipinski definition) is 1. The smallest absolute Gasteiger partial charge is 0.171 e. The summed E-state index contributed by atoms with van der Waals surface area (Å²) in [5.41, 5.74) is 5.37. The van der Waals surface area contributed by atoms with Crippen molar-refractivity contribution in [2.24, 2.45) is 0 Å². The summed E-state index contributed by atoms with van der Waals surface area (Å²) in [5.74, 6) is 2.14. The van der Waals surface area contributed by atoms with Crippen molar-refractivity contribution in [2.45, 2.75) is 26.4 Å². The van der Waals surface area contributed by atoms with Crippen LogP contribution in [-0.2, 0) is 26.4 Å². The van der Waals surface area contributed by atoms with Crippen LogP contribution in [0.1, 0.15) is 22.3 Å². The SMILES string of the molecule is C[N+](C)(C)Cc1c[nH]c2c(OCc3ccccc3)cc(OCc3ccccc3)c(OCc3ccccc3)c12. The van der Waals surface area contributed by atoms with E-state index in [2.05, 4.69) is 68.7 Å². The van der Waals surface area contributed by atoms with Crippen LogP contribution in [0.5, 0.6) is 17.2 Å². The van der Waals surface area contributed by atoms with Crippen LogP contribution in [-0.4, -0.2) is 30.6 Å². The van der Waals surface area contributed by atoms with Gasteiger partial charge in [-0.3, -0.25) is 0 Å². The zero-order valence-electron chi connectivity index (χ0n) is 22.3. The lowest BCUT2D eigenvalue weighted by molar-refractivity contribution is -0.883. The van der Waals surface area contributed by atoms with Crippen LogP contribution in [0.15, 0.2) is 103 Å². The molecule has 0 bridgehead atoms. The molecule has 1 heterocycles. The normalized spacial score (nSPS) is 11.4. The molecule has 0 aliphatic rings. The van der Waals surface area contributed by atoms with Gasteiger partial charge in [0, 0.05) is 17.8 Å². The predicted molar refractivity (Wildman–Crippen MR) is 152 cm³/mol. The van der Waals surface area contributed by atoms with Gasteiger partial charge in [0.15, 0.2) is 11.5 Å². The molecule has 5 nitrogen and oxygen atoms in total. The van der Waals surface area contributed by atoms with E-state index in [-0.39, 0.29) is 0 Å². The van der Waals surface area contributed by atoms with Crippen LogP contribution in [0.3, 0.4) is 0 Å². The van der Waals surface area contributed by atoms with Gasteiger partial charge in [-0.1, -0.05) is 91.0 Å². The first-order valence-corrected chi connectivity index (χ1v) is 12.9. The number of rotatable bonds is 11. The van der Waals surface area contributed by atoms with E-state index in [9.17, 15) is 0 Å². The molecule has 38 heavy (non-hydrogen) atoms. The molecule has 0 unspecified atom stereocenters. The Bertz CT molecular complexity index is 1460. The Kier molecular flexibility index (Phi) is 7.66. The quantitative estimate of drug-likeness (QED) is 0.194. The van der Waals surface area contributed by atoms with Crippen molar-refractivity contribution >= 4 is 10.9 Å². The van der Waals surface area contributed by atoms with Gasteiger partial charge in [-0.25, -0.2) is 0 Å². The third-order valence-corrected chi connectivity index (χ3v) is 6.27. The molecule has 1 N–H and O–H groups in total. The number of fused-ring (bicyclic) bond motifs is 1. The molecule has 5 heteroatoms. The standard InChI is InChI=1S/C33H35N2O3/c1-35(2,3)21-28-20-34-32-29(36-22-25-13-7-4-8-14-25)19-30(37-23-26-15-9-5-10-16-26)33(31(28)32)38-24-27-17-11-6-12-18-27/h4-20,34H,21-24H2,1-3H3/q+1. The average Bonchev–Trinajstić information content (AvgIpc) is 3.33. The summed E-state index contributed by atoms with van der Waals surface area (Å²) in [5, 5.41) is 1.00. The van der Waals surface area contributed by atoms with Crippen LogP contribution >= 0.6 is 0 Å². The van der Waals surface area contributed by atoms with Crippen molar-refractivity contribution in [3.63, 3.8) is 0 Å². The Morgan fingerprint density at radius 2 is 1.08 bits per heavy atom. The number of benzene rings is 4. The van der Waals surface area contributed by atoms with Crippen molar-refractivity contribution in [2.75, 3.05) is 21.1 Å². The van der Waals surface area contributed by atoms with E-state index in [0.29, 0.717) is 25.6 Å². The lowest BCUT2D eigenvalue weighted by atomic mass is 10.1. The number of H-pyrrole nitrogens is 1. The van der Waals surface area contributed by atoms with E-state index < -0.39 is 0 Å². The van der Waals surface area contributed by atoms with Gasteiger partial charge in [-0.2, -0.15) is 0 Å². The summed E-state index contributed by atoms with van der Waals surface area (Å²) in [4.78, 5) is 3.48. The maximum absolute atomic E-state index is 6.55. The molecule has 0 atom stereocenters. The van der Waals surface area contributed by atoms with E-state index in [1.807, 2.05) is 60.7 Å². The third kappa shape index (κ3) is 6.36. The molecule has 0 amide bonds. The van der Waals surface area contributed by atoms with Gasteiger partial charge >= 0.3 is 0 Å². The molecule has 1 aromatic heterocycles. The number of ether oxygens (including phenoxy) is 3. The van der Waals surface area contributed by atoms with Crippen molar-refractivity contribution in [1.82, 2.24) is 4.98 Å². The summed E-state index contributed by atoms with van der Waals surface area (Å²) in [6.45, 7) is 2.15. The highest BCUT2D eigenvalue weighted by molar-refractivity contribution is 5.96. The number of nitrogens with zero attached hydrogens (tertiary/aromatic N) is 1. The number of hydrogen-bond acceptors (Lipinski definition) is 3. The summed E-state index contributed by atoms with van der Waals surface area (Å²) in [6.07, 6.45) is 2.07. The van der Waals surface area contributed by atoms with Crippen molar-refractivity contribution in [3.05, 3.63) is 126 Å². The molecule has 0 saturated heterocycles. The van der Waals surface area contributed by atoms with E-state index in [0.717, 1.165) is 55.7 Å². The largest absolute Gasteiger partial charge is 0.487 e. The minimum Gasteiger partial charge on any atom is -0.487 e. The molecule has 5 rings (SSSR count). The Balaban J connectivity index is 1.57. The molecule has 0 spiro atoms. The second kappa shape index (κ2) is 11.4. The summed E-state index contributed by atoms with van der Waals surface area (Å²) >= 11 is 0. The molecule has 194 valence electrons. The zero-order valence-corrected chi connectivity index (χ0v) is 22.3. The van der Waals surface area contributed by atoms with Gasteiger partial charge in [-0.15, -0.1) is 0 Å². The average molecular weight is 508 g/mol. The van der Waals surface area contributed by atoms with E-state index >= 15 is 0 Å². The molecule has 0 fully saturated rings. The van der Waals surface area contributed by atoms with Crippen LogP contribution < -0.4 is 14.2 Å². The van der Waals surface area contributed by atoms with Crippen LogP contribution in [0.4, 0.5) is 0 Å². The highest BCUT2D eigenvalue weighted by Gasteiger charge is 2.23. The summed E-state index contributed by atoms with van der Waals surface area (Å²) in [6, 6.07) is 32.6. The summed E-state index contributed by atoms with van der Waals surface area (Å²) < 4.78 is 20.2. The Morgan fingerprint density at radius 1 is 0.605 bits per heavy atom. The van der Waals surface area contributed by atoms with Crippen molar-refractivity contribution < 1.29 is 18.7 Å². The minimum atomic E-state index is 0.432. The van der Waals surface area contributed by atoms with Gasteiger partial charge in [-0.05, 0) is 16.7 Å². The molecular weight excluding hydrogens is 472 g/mol. The number of aromatic nitrogens is 1. The topological polar surface area (TPSA) is 43.5 Å². The fraction of sp³-hybridized carbons (Fsp3) is 0.212. The maximum atomic E-state index is 6.55. The second-order valence-corrected chi connectivity index (χ2v) is 10.5. The van der Waals surface area contributed by atoms with E-state index in [1.165, 1.54) is 0 Å². The third-order valence-electron chi connectivity index (χ3n) is 6.27. The van der Waals surface area contributed by atoms with Crippen molar-refractivity contribution in [3.8, 4) is 17.2 Å². The molecule has 0 aliphatic heterocycles. The fourth-order valence-electron chi connectivity index (χ4n) is 4.50. The molecule has 0 radical (unpaired) electrons. The monoisotopic (exact) mass is 507 g/mol. The lowest BCUT2D eigenvalue weighted by Crippen LogP contribution is -2.33. The Labute approximate surface area is 224 Å². The van der Waals surface area contributed by atoms with Crippen LogP contribution in [0, 0.1) is 0 Å². The lowest BCUT2D eigenvalue weighted by Gasteiger charge is -2.24. The van der Waals surface area contributed by atoms with Gasteiger partial charge in [0.2, 0.25) is 0 Å². The van der Waals surface area contributed by atoms with E-state index in [4.69, 9.17) is 14.2 Å². The maximum Gasteiger partial charge on any atom is 0.171 e. The van der Waals surface area contributed by atoms with Gasteiger partial charge in [0.05, 0.1) is 32.0 Å². The fourth-order valence-corrected chi connectivity index (χ4v) is 4.50.